The highest BCUT2D eigenvalue weighted by Crippen LogP contribution is 2.39. The lowest BCUT2D eigenvalue weighted by molar-refractivity contribution is -0.398. The van der Waals surface area contributed by atoms with E-state index in [0.29, 0.717) is 0 Å². The summed E-state index contributed by atoms with van der Waals surface area (Å²) in [5, 5.41) is 221. The van der Waals surface area contributed by atoms with Crippen LogP contribution in [0, 0.1) is 0 Å². The first-order chi connectivity index (χ1) is 38.1. The smallest absolute Gasteiger partial charge is 0.187 e. The van der Waals surface area contributed by atoms with Crippen molar-refractivity contribution < 1.29 is 178 Å². The Morgan fingerprint density at radius 2 is 0.463 bits per heavy atom. The van der Waals surface area contributed by atoms with Gasteiger partial charge in [0.05, 0.1) is 39.6 Å². The first kappa shape index (κ1) is 64.3. The summed E-state index contributed by atoms with van der Waals surface area (Å²) >= 11 is 0. The second kappa shape index (κ2) is 27.3. The van der Waals surface area contributed by atoms with Gasteiger partial charge >= 0.3 is 0 Å². The highest BCUT2D eigenvalue weighted by Gasteiger charge is 2.60. The Bertz CT molecular complexity index is 1920. The number of aldehydes is 1. The molecular weight excluding hydrogens is 1100 g/mol. The van der Waals surface area contributed by atoms with Crippen LogP contribution >= 0.6 is 0 Å². The van der Waals surface area contributed by atoms with Crippen molar-refractivity contribution in [2.75, 3.05) is 46.8 Å². The fourth-order valence-electron chi connectivity index (χ4n) is 10.7. The molecule has 464 valence electrons. The lowest BCUT2D eigenvalue weighted by atomic mass is 9.93. The molecule has 36 nitrogen and oxygen atoms in total. The normalized spacial score (nSPS) is 54.1. The van der Waals surface area contributed by atoms with Crippen molar-refractivity contribution in [2.45, 2.75) is 221 Å². The molecule has 21 rings (SSSR count). The minimum Gasteiger partial charge on any atom is -0.394 e. The van der Waals surface area contributed by atoms with Gasteiger partial charge in [-0.2, -0.15) is 0 Å². The molecular formula is C44H72O36. The summed E-state index contributed by atoms with van der Waals surface area (Å²) in [5.74, 6) is 0. The molecule has 21 aliphatic heterocycles. The van der Waals surface area contributed by atoms with E-state index in [-0.39, 0.29) is 6.29 Å². The summed E-state index contributed by atoms with van der Waals surface area (Å²) in [5.41, 5.74) is 0. The lowest BCUT2D eigenvalue weighted by Crippen LogP contribution is -2.69. The zero-order chi connectivity index (χ0) is 58.3. The van der Waals surface area contributed by atoms with Crippen LogP contribution < -0.4 is 0 Å². The van der Waals surface area contributed by atoms with Crippen LogP contribution in [0.1, 0.15) is 0 Å². The largest absolute Gasteiger partial charge is 0.394 e. The molecule has 80 heavy (non-hydrogen) atoms. The number of hydrogen-bond acceptors (Lipinski definition) is 36. The van der Waals surface area contributed by atoms with Crippen molar-refractivity contribution in [1.29, 1.82) is 0 Å². The molecule has 0 radical (unpaired) electrons. The number of ether oxygens (including phenoxy) is 15. The van der Waals surface area contributed by atoms with Crippen LogP contribution in [-0.4, -0.2) is 376 Å². The molecule has 0 amide bonds. The Labute approximate surface area is 451 Å². The number of carbonyl (C=O) groups is 1. The van der Waals surface area contributed by atoms with Crippen LogP contribution in [-0.2, 0) is 75.8 Å². The Morgan fingerprint density at radius 3 is 0.637 bits per heavy atom. The van der Waals surface area contributed by atoms with Crippen molar-refractivity contribution in [3.05, 3.63) is 0 Å². The number of methoxy groups -OCH3 is 1. The van der Waals surface area contributed by atoms with E-state index >= 15 is 0 Å². The van der Waals surface area contributed by atoms with Gasteiger partial charge in [0.25, 0.3) is 0 Å². The van der Waals surface area contributed by atoms with Crippen LogP contribution in [0.2, 0.25) is 0 Å². The number of rotatable bonds is 9. The fraction of sp³-hybridized carbons (Fsp3) is 0.977. The van der Waals surface area contributed by atoms with Gasteiger partial charge in [-0.25, -0.2) is 0 Å². The molecule has 0 aliphatic carbocycles. The Balaban J connectivity index is 1.10. The standard InChI is InChI=1S/C44H72O36/c1-66-9(2-45)36-37-22(58)29(65)44(79-36)78-35-15(8-51)71-42(27(63)20(35)56)76-33-13(6-49)69-40(25(61)18(33)54)74-31-11(4-47)67-38(23(59)16(31)52)73-30-10(3-46)68-39(24(60)17(30)53)75-32-12(5-48)70-41(26(62)19(32)55)77-34-14(7-50)72-43(80-37)28(64)21(34)57/h2,9-44,46-65H,3-8H2,1H3/t9-,10+,11+,12+,13+,14+,15+,16+,17+,18+,19+,20+,21+,22+,23+,24+,25+,26+,27+,28+,29+,30+,31+,32+,33+,34+,35+,36+,37-,38+,39+,40+,41+,42+,43+,44-/m0/s1. The highest BCUT2D eigenvalue weighted by molar-refractivity contribution is 5.57. The lowest BCUT2D eigenvalue weighted by Gasteiger charge is -2.50. The van der Waals surface area contributed by atoms with Crippen molar-refractivity contribution in [3.63, 3.8) is 0 Å². The molecule has 0 aromatic rings. The second-order valence-corrected chi connectivity index (χ2v) is 20.2. The first-order valence-electron chi connectivity index (χ1n) is 25.4. The van der Waals surface area contributed by atoms with E-state index in [0.717, 1.165) is 7.11 Å². The van der Waals surface area contributed by atoms with Crippen molar-refractivity contribution in [2.24, 2.45) is 0 Å². The molecule has 20 N–H and O–H groups in total. The molecule has 0 unspecified atom stereocenters. The number of hydrogen-bond donors (Lipinski definition) is 20. The molecule has 21 aliphatic rings. The van der Waals surface area contributed by atoms with Gasteiger partial charge in [-0.1, -0.05) is 0 Å². The Morgan fingerprint density at radius 1 is 0.287 bits per heavy atom. The molecule has 0 spiro atoms. The van der Waals surface area contributed by atoms with Crippen LogP contribution in [0.4, 0.5) is 0 Å². The highest BCUT2D eigenvalue weighted by atomic mass is 16.8. The van der Waals surface area contributed by atoms with Gasteiger partial charge in [-0.15, -0.1) is 0 Å². The molecule has 36 heteroatoms. The summed E-state index contributed by atoms with van der Waals surface area (Å²) in [6, 6.07) is 0. The van der Waals surface area contributed by atoms with Gasteiger partial charge in [-0.05, 0) is 0 Å². The summed E-state index contributed by atoms with van der Waals surface area (Å²) in [6.07, 6.45) is -73.1. The van der Waals surface area contributed by atoms with Crippen LogP contribution in [0.15, 0.2) is 0 Å². The average molecular weight is 1180 g/mol. The van der Waals surface area contributed by atoms with E-state index in [2.05, 4.69) is 0 Å². The summed E-state index contributed by atoms with van der Waals surface area (Å²) in [4.78, 5) is 12.4. The number of aliphatic hydroxyl groups excluding tert-OH is 20. The van der Waals surface area contributed by atoms with E-state index in [1.165, 1.54) is 0 Å². The van der Waals surface area contributed by atoms with Gasteiger partial charge in [0.2, 0.25) is 0 Å². The second-order valence-electron chi connectivity index (χ2n) is 20.2. The third-order valence-electron chi connectivity index (χ3n) is 15.3. The van der Waals surface area contributed by atoms with Crippen molar-refractivity contribution in [3.8, 4) is 0 Å². The van der Waals surface area contributed by atoms with Crippen molar-refractivity contribution in [1.82, 2.24) is 0 Å². The quantitative estimate of drug-likeness (QED) is 0.0953. The average Bonchev–Trinajstić information content (AvgIpc) is 3.58. The van der Waals surface area contributed by atoms with Crippen LogP contribution in [0.5, 0.6) is 0 Å². The summed E-state index contributed by atoms with van der Waals surface area (Å²) in [7, 11) is 1.01. The predicted molar refractivity (Wildman–Crippen MR) is 238 cm³/mol. The summed E-state index contributed by atoms with van der Waals surface area (Å²) in [6.45, 7) is -6.39. The minimum absolute atomic E-state index is 0.157. The summed E-state index contributed by atoms with van der Waals surface area (Å²) < 4.78 is 85.2. The van der Waals surface area contributed by atoms with Crippen LogP contribution in [0.25, 0.3) is 0 Å². The molecule has 21 fully saturated rings. The van der Waals surface area contributed by atoms with Crippen LogP contribution in [0.3, 0.4) is 0 Å². The van der Waals surface area contributed by atoms with Gasteiger partial charge in [0, 0.05) is 7.11 Å². The molecule has 0 aromatic heterocycles. The maximum absolute atomic E-state index is 12.4. The third kappa shape index (κ3) is 12.5. The molecule has 14 bridgehead atoms. The van der Waals surface area contributed by atoms with Crippen molar-refractivity contribution >= 4 is 6.29 Å². The van der Waals surface area contributed by atoms with E-state index in [9.17, 15) is 107 Å². The molecule has 36 atom stereocenters. The van der Waals surface area contributed by atoms with E-state index in [4.69, 9.17) is 71.1 Å². The van der Waals surface area contributed by atoms with Gasteiger partial charge in [-0.3, -0.25) is 0 Å². The molecule has 21 heterocycles. The van der Waals surface area contributed by atoms with Gasteiger partial charge < -0.3 is 178 Å². The topological polar surface area (TPSA) is 560 Å². The predicted octanol–water partition coefficient (Wildman–Crippen LogP) is -15.0. The number of carbonyl (C=O) groups excluding carboxylic acids is 1. The Kier molecular flexibility index (Phi) is 21.9. The van der Waals surface area contributed by atoms with E-state index in [1.54, 1.807) is 0 Å². The Hall–Kier alpha value is -1.73. The minimum atomic E-state index is -2.28. The maximum Gasteiger partial charge on any atom is 0.187 e. The molecule has 0 saturated carbocycles. The zero-order valence-corrected chi connectivity index (χ0v) is 42.1. The molecule has 0 aromatic carbocycles. The molecule has 21 saturated heterocycles. The van der Waals surface area contributed by atoms with Gasteiger partial charge in [0.1, 0.15) is 177 Å². The first-order valence-corrected chi connectivity index (χ1v) is 25.4. The fourth-order valence-corrected chi connectivity index (χ4v) is 10.7. The monoisotopic (exact) mass is 1180 g/mol. The van der Waals surface area contributed by atoms with E-state index in [1.807, 2.05) is 0 Å². The third-order valence-corrected chi connectivity index (χ3v) is 15.3. The number of aliphatic hydroxyl groups is 20. The maximum atomic E-state index is 12.4. The zero-order valence-electron chi connectivity index (χ0n) is 42.1. The van der Waals surface area contributed by atoms with E-state index < -0.39 is 261 Å². The SMILES string of the molecule is CO[C@@H](C=O)[C@H]1O[C@@H]2O[C@H]3[C@H](O)[C@@H](O)[C@@H](O[C@H]4[C@H](O)[C@@H](O)[C@@H](O[C@H]5[C@H](O)[C@@H](O)[C@@H](O[C@H]6[C@H](O)[C@@H](O)[C@@H](O[C@H]7[C@H](O)[C@@H](O)[C@@H](O[C@H]8[C@H](O)[C@@H](O)[C@@H](O[C@H]1[C@H](O)[C@H]2O)O[C@@H]8CO)O[C@@H]7CO)O[C@@H]6CO)O[C@@H]5CO)O[C@@H]4CO)O[C@@H]3CO. The van der Waals surface area contributed by atoms with Gasteiger partial charge in [0.15, 0.2) is 50.3 Å².